The lowest BCUT2D eigenvalue weighted by Gasteiger charge is -2.37. The molecule has 2 bridgehead atoms. The predicted molar refractivity (Wildman–Crippen MR) is 53.0 cm³/mol. The number of hydrogen-bond donors (Lipinski definition) is 0. The molecule has 1 fully saturated rings. The van der Waals surface area contributed by atoms with Crippen molar-refractivity contribution in [1.82, 2.24) is 0 Å². The maximum Gasteiger partial charge on any atom is 0.314 e. The van der Waals surface area contributed by atoms with Crippen LogP contribution < -0.4 is 0 Å². The molecule has 0 heterocycles. The van der Waals surface area contributed by atoms with Gasteiger partial charge in [0, 0.05) is 20.1 Å². The SMILES string of the molecule is COC(=O)[C@H]1[C@H]2C=C[C@@H](C2)C1(OC)OC. The van der Waals surface area contributed by atoms with Gasteiger partial charge in [0.25, 0.3) is 0 Å². The Morgan fingerprint density at radius 2 is 1.93 bits per heavy atom. The standard InChI is InChI=1S/C11H16O4/c1-13-10(12)9-7-4-5-8(6-7)11(9,14-2)15-3/h4-5,7-9H,6H2,1-3H3/t7-,8-,9+/m0/s1. The van der Waals surface area contributed by atoms with E-state index in [0.717, 1.165) is 6.42 Å². The molecule has 4 heteroatoms. The van der Waals surface area contributed by atoms with Crippen molar-refractivity contribution in [3.63, 3.8) is 0 Å². The van der Waals surface area contributed by atoms with Gasteiger partial charge in [-0.15, -0.1) is 0 Å². The van der Waals surface area contributed by atoms with E-state index in [-0.39, 0.29) is 23.7 Å². The third-order valence-corrected chi connectivity index (χ3v) is 3.59. The van der Waals surface area contributed by atoms with Crippen LogP contribution in [0.1, 0.15) is 6.42 Å². The van der Waals surface area contributed by atoms with E-state index in [4.69, 9.17) is 14.2 Å². The van der Waals surface area contributed by atoms with Crippen molar-refractivity contribution in [1.29, 1.82) is 0 Å². The lowest BCUT2D eigenvalue weighted by molar-refractivity contribution is -0.250. The summed E-state index contributed by atoms with van der Waals surface area (Å²) in [5, 5.41) is 0. The van der Waals surface area contributed by atoms with Crippen LogP contribution in [0.2, 0.25) is 0 Å². The zero-order valence-corrected chi connectivity index (χ0v) is 9.23. The van der Waals surface area contributed by atoms with Crippen molar-refractivity contribution in [3.8, 4) is 0 Å². The van der Waals surface area contributed by atoms with Crippen LogP contribution in [-0.4, -0.2) is 33.1 Å². The van der Waals surface area contributed by atoms with Crippen LogP contribution >= 0.6 is 0 Å². The van der Waals surface area contributed by atoms with Crippen molar-refractivity contribution in [2.24, 2.45) is 17.8 Å². The minimum atomic E-state index is -0.827. The average Bonchev–Trinajstić information content (AvgIpc) is 2.86. The third kappa shape index (κ3) is 1.25. The molecule has 84 valence electrons. The second-order valence-electron chi connectivity index (χ2n) is 4.02. The first-order valence-corrected chi connectivity index (χ1v) is 5.06. The summed E-state index contributed by atoms with van der Waals surface area (Å²) >= 11 is 0. The summed E-state index contributed by atoms with van der Waals surface area (Å²) in [6.07, 6.45) is 5.03. The fraction of sp³-hybridized carbons (Fsp3) is 0.727. The topological polar surface area (TPSA) is 44.8 Å². The second kappa shape index (κ2) is 3.61. The van der Waals surface area contributed by atoms with Crippen LogP contribution in [0.15, 0.2) is 12.2 Å². The van der Waals surface area contributed by atoms with Crippen molar-refractivity contribution < 1.29 is 19.0 Å². The summed E-state index contributed by atoms with van der Waals surface area (Å²) in [4.78, 5) is 11.7. The highest BCUT2D eigenvalue weighted by molar-refractivity contribution is 5.75. The van der Waals surface area contributed by atoms with Gasteiger partial charge in [-0.25, -0.2) is 0 Å². The minimum Gasteiger partial charge on any atom is -0.469 e. The molecule has 0 aromatic rings. The van der Waals surface area contributed by atoms with Gasteiger partial charge in [0.15, 0.2) is 5.79 Å². The third-order valence-electron chi connectivity index (χ3n) is 3.59. The number of carbonyl (C=O) groups is 1. The Balaban J connectivity index is 2.35. The van der Waals surface area contributed by atoms with Crippen LogP contribution in [0.4, 0.5) is 0 Å². The van der Waals surface area contributed by atoms with Crippen LogP contribution in [0.5, 0.6) is 0 Å². The molecule has 2 rings (SSSR count). The van der Waals surface area contributed by atoms with Gasteiger partial charge in [-0.3, -0.25) is 4.79 Å². The van der Waals surface area contributed by atoms with Gasteiger partial charge in [0.1, 0.15) is 5.92 Å². The molecule has 4 nitrogen and oxygen atoms in total. The lowest BCUT2D eigenvalue weighted by Crippen LogP contribution is -2.49. The molecule has 0 N–H and O–H groups in total. The molecule has 15 heavy (non-hydrogen) atoms. The largest absolute Gasteiger partial charge is 0.469 e. The fourth-order valence-corrected chi connectivity index (χ4v) is 2.91. The van der Waals surface area contributed by atoms with E-state index in [9.17, 15) is 4.79 Å². The van der Waals surface area contributed by atoms with Crippen LogP contribution in [0.25, 0.3) is 0 Å². The predicted octanol–water partition coefficient (Wildman–Crippen LogP) is 0.971. The Labute approximate surface area is 89.2 Å². The van der Waals surface area contributed by atoms with Gasteiger partial charge in [-0.1, -0.05) is 12.2 Å². The van der Waals surface area contributed by atoms with Crippen LogP contribution in [0.3, 0.4) is 0 Å². The first-order chi connectivity index (χ1) is 7.19. The average molecular weight is 212 g/mol. The van der Waals surface area contributed by atoms with E-state index in [0.29, 0.717) is 0 Å². The second-order valence-corrected chi connectivity index (χ2v) is 4.02. The first kappa shape index (κ1) is 10.6. The normalized spacial score (nSPS) is 35.8. The zero-order valence-electron chi connectivity index (χ0n) is 9.23. The van der Waals surface area contributed by atoms with E-state index in [1.54, 1.807) is 14.2 Å². The van der Waals surface area contributed by atoms with E-state index < -0.39 is 5.79 Å². The quantitative estimate of drug-likeness (QED) is 0.397. The highest BCUT2D eigenvalue weighted by Crippen LogP contribution is 2.53. The molecule has 0 unspecified atom stereocenters. The van der Waals surface area contributed by atoms with E-state index in [1.165, 1.54) is 7.11 Å². The number of carbonyl (C=O) groups excluding carboxylic acids is 1. The van der Waals surface area contributed by atoms with Gasteiger partial charge in [0.2, 0.25) is 0 Å². The Hall–Kier alpha value is -0.870. The summed E-state index contributed by atoms with van der Waals surface area (Å²) in [6, 6.07) is 0. The molecule has 1 saturated carbocycles. The summed E-state index contributed by atoms with van der Waals surface area (Å²) in [5.74, 6) is -1.08. The minimum absolute atomic E-state index is 0.154. The van der Waals surface area contributed by atoms with Crippen LogP contribution in [-0.2, 0) is 19.0 Å². The molecular weight excluding hydrogens is 196 g/mol. The highest BCUT2D eigenvalue weighted by atomic mass is 16.7. The number of fused-ring (bicyclic) bond motifs is 2. The van der Waals surface area contributed by atoms with Gasteiger partial charge in [-0.2, -0.15) is 0 Å². The molecule has 3 atom stereocenters. The molecule has 2 aliphatic carbocycles. The van der Waals surface area contributed by atoms with Gasteiger partial charge < -0.3 is 14.2 Å². The number of allylic oxidation sites excluding steroid dienone is 1. The highest BCUT2D eigenvalue weighted by Gasteiger charge is 2.61. The number of hydrogen-bond acceptors (Lipinski definition) is 4. The number of esters is 1. The molecule has 0 aromatic carbocycles. The van der Waals surface area contributed by atoms with Crippen molar-refractivity contribution in [2.45, 2.75) is 12.2 Å². The van der Waals surface area contributed by atoms with E-state index in [2.05, 4.69) is 12.2 Å². The maximum absolute atomic E-state index is 11.7. The lowest BCUT2D eigenvalue weighted by atomic mass is 9.87. The Bertz CT molecular complexity index is 293. The van der Waals surface area contributed by atoms with Gasteiger partial charge in [-0.05, 0) is 12.3 Å². The number of ether oxygens (including phenoxy) is 3. The molecule has 0 saturated heterocycles. The molecule has 2 aliphatic rings. The summed E-state index contributed by atoms with van der Waals surface area (Å²) in [7, 11) is 4.55. The molecule has 0 spiro atoms. The zero-order chi connectivity index (χ0) is 11.1. The molecule has 0 aromatic heterocycles. The van der Waals surface area contributed by atoms with Crippen molar-refractivity contribution >= 4 is 5.97 Å². The smallest absolute Gasteiger partial charge is 0.314 e. The number of methoxy groups -OCH3 is 3. The van der Waals surface area contributed by atoms with Gasteiger partial charge >= 0.3 is 5.97 Å². The molecule has 0 amide bonds. The van der Waals surface area contributed by atoms with E-state index in [1.807, 2.05) is 0 Å². The number of rotatable bonds is 3. The molecular formula is C11H16O4. The summed E-state index contributed by atoms with van der Waals surface area (Å²) < 4.78 is 15.7. The van der Waals surface area contributed by atoms with E-state index >= 15 is 0 Å². The van der Waals surface area contributed by atoms with Crippen LogP contribution in [0, 0.1) is 17.8 Å². The maximum atomic E-state index is 11.7. The Morgan fingerprint density at radius 1 is 1.27 bits per heavy atom. The Kier molecular flexibility index (Phi) is 2.56. The molecule has 0 aliphatic heterocycles. The van der Waals surface area contributed by atoms with Crippen molar-refractivity contribution in [3.05, 3.63) is 12.2 Å². The summed E-state index contributed by atoms with van der Waals surface area (Å²) in [5.41, 5.74) is 0. The Morgan fingerprint density at radius 3 is 2.47 bits per heavy atom. The summed E-state index contributed by atoms with van der Waals surface area (Å²) in [6.45, 7) is 0. The van der Waals surface area contributed by atoms with Crippen molar-refractivity contribution in [2.75, 3.05) is 21.3 Å². The van der Waals surface area contributed by atoms with Gasteiger partial charge in [0.05, 0.1) is 7.11 Å². The monoisotopic (exact) mass is 212 g/mol. The molecule has 0 radical (unpaired) electrons. The first-order valence-electron chi connectivity index (χ1n) is 5.06. The fourth-order valence-electron chi connectivity index (χ4n) is 2.91.